The minimum atomic E-state index is -3.82. The third-order valence-corrected chi connectivity index (χ3v) is 3.75. The van der Waals surface area contributed by atoms with Crippen molar-refractivity contribution in [1.82, 2.24) is 0 Å². The van der Waals surface area contributed by atoms with Crippen LogP contribution < -0.4 is 0 Å². The molecule has 0 saturated heterocycles. The largest absolute Gasteiger partial charge is 0.328 e. The van der Waals surface area contributed by atoms with Crippen molar-refractivity contribution < 1.29 is 26.5 Å². The van der Waals surface area contributed by atoms with E-state index in [1.54, 1.807) is 0 Å². The summed E-state index contributed by atoms with van der Waals surface area (Å²) < 4.78 is 42.5. The topological polar surface area (TPSA) is 86.7 Å². The molecule has 0 spiro atoms. The Balaban J connectivity index is 4.43. The number of carbonyl (C=O) groups is 1. The smallest absolute Gasteiger partial charge is 0.265 e. The first kappa shape index (κ1) is 15.8. The molecular weight excluding hydrogens is 255 g/mol. The van der Waals surface area contributed by atoms with Gasteiger partial charge in [0, 0.05) is 0 Å². The molecule has 0 bridgehead atoms. The molecule has 2 unspecified atom stereocenters. The molecule has 6 nitrogen and oxygen atoms in total. The zero-order chi connectivity index (χ0) is 12.8. The minimum Gasteiger partial charge on any atom is -0.328 e. The van der Waals surface area contributed by atoms with Crippen molar-refractivity contribution in [3.8, 4) is 0 Å². The van der Waals surface area contributed by atoms with Gasteiger partial charge in [0.15, 0.2) is 5.78 Å². The van der Waals surface area contributed by atoms with Crippen molar-refractivity contribution in [2.24, 2.45) is 0 Å². The summed E-state index contributed by atoms with van der Waals surface area (Å²) in [6.45, 7) is 3.27. The summed E-state index contributed by atoms with van der Waals surface area (Å²) in [5.74, 6) is -2.12. The first-order chi connectivity index (χ1) is 7.28. The molecule has 0 aliphatic carbocycles. The molecule has 0 fully saturated rings. The Kier molecular flexibility index (Phi) is 7.06. The van der Waals surface area contributed by atoms with Crippen LogP contribution in [0.4, 0.5) is 0 Å². The van der Waals surface area contributed by atoms with E-state index in [0.717, 1.165) is 19.6 Å². The van der Waals surface area contributed by atoms with Crippen molar-refractivity contribution in [2.45, 2.75) is 32.5 Å². The van der Waals surface area contributed by atoms with E-state index in [0.29, 0.717) is 6.42 Å². The Morgan fingerprint density at radius 3 is 2.38 bits per heavy atom. The zero-order valence-electron chi connectivity index (χ0n) is 9.56. The highest BCUT2D eigenvalue weighted by Gasteiger charge is 2.27. The number of rotatable bonds is 8. The lowest BCUT2D eigenvalue weighted by molar-refractivity contribution is -0.120. The van der Waals surface area contributed by atoms with Crippen molar-refractivity contribution in [1.29, 1.82) is 0 Å². The van der Waals surface area contributed by atoms with E-state index >= 15 is 0 Å². The summed E-state index contributed by atoms with van der Waals surface area (Å²) in [7, 11) is -6.65. The van der Waals surface area contributed by atoms with Crippen LogP contribution in [0.15, 0.2) is 0 Å². The molecule has 0 N–H and O–H groups in total. The van der Waals surface area contributed by atoms with Crippen molar-refractivity contribution in [2.75, 3.05) is 12.9 Å². The van der Waals surface area contributed by atoms with Crippen LogP contribution in [0.3, 0.4) is 0 Å². The van der Waals surface area contributed by atoms with Gasteiger partial charge in [-0.2, -0.15) is 8.42 Å². The van der Waals surface area contributed by atoms with Gasteiger partial charge in [-0.25, -0.2) is 4.18 Å². The van der Waals surface area contributed by atoms with E-state index < -0.39 is 29.8 Å². The van der Waals surface area contributed by atoms with Crippen LogP contribution in [0.2, 0.25) is 0 Å². The molecule has 2 atom stereocenters. The Labute approximate surface area is 96.3 Å². The predicted octanol–water partition coefficient (Wildman–Crippen LogP) is 1.17. The average Bonchev–Trinajstić information content (AvgIpc) is 2.12. The molecule has 0 aromatic heterocycles. The van der Waals surface area contributed by atoms with Crippen molar-refractivity contribution in [3.63, 3.8) is 0 Å². The molecule has 0 aliphatic rings. The number of ketones is 1. The molecule has 0 saturated carbocycles. The molecule has 0 aliphatic heterocycles. The lowest BCUT2D eigenvalue weighted by Gasteiger charge is -2.12. The quantitative estimate of drug-likeness (QED) is 0.374. The molecular formula is C8H17O6PS. The van der Waals surface area contributed by atoms with E-state index in [4.69, 9.17) is 4.52 Å². The summed E-state index contributed by atoms with van der Waals surface area (Å²) in [6.07, 6.45) is 2.34. The van der Waals surface area contributed by atoms with Gasteiger partial charge in [-0.15, -0.1) is 0 Å². The lowest BCUT2D eigenvalue weighted by atomic mass is 10.4. The van der Waals surface area contributed by atoms with Gasteiger partial charge in [-0.05, 0) is 13.3 Å². The van der Waals surface area contributed by atoms with Crippen LogP contribution in [-0.4, -0.2) is 32.9 Å². The van der Waals surface area contributed by atoms with E-state index in [1.807, 2.05) is 6.92 Å². The fraction of sp³-hybridized carbons (Fsp3) is 0.875. The summed E-state index contributed by atoms with van der Waals surface area (Å²) in [4.78, 5) is 11.1. The maximum absolute atomic E-state index is 11.5. The number of carbonyl (C=O) groups excluding carboxylic acids is 1. The lowest BCUT2D eigenvalue weighted by Crippen LogP contribution is -2.22. The Morgan fingerprint density at radius 1 is 1.44 bits per heavy atom. The maximum atomic E-state index is 11.5. The second-order valence-corrected chi connectivity index (χ2v) is 6.36. The highest BCUT2D eigenvalue weighted by atomic mass is 32.2. The van der Waals surface area contributed by atoms with Crippen LogP contribution in [0, 0.1) is 0 Å². The van der Waals surface area contributed by atoms with E-state index in [-0.39, 0.29) is 6.61 Å². The first-order valence-electron chi connectivity index (χ1n) is 4.83. The number of Topliss-reactive ketones (excluding diaryl/α,β-unsaturated/α-hetero) is 1. The third kappa shape index (κ3) is 7.11. The fourth-order valence-electron chi connectivity index (χ4n) is 0.841. The molecule has 8 heteroatoms. The highest BCUT2D eigenvalue weighted by Crippen LogP contribution is 2.32. The summed E-state index contributed by atoms with van der Waals surface area (Å²) in [6, 6.07) is 0. The Bertz CT molecular complexity index is 350. The minimum absolute atomic E-state index is 0.227. The number of hydrogen-bond donors (Lipinski definition) is 0. The van der Waals surface area contributed by atoms with Crippen molar-refractivity contribution >= 4 is 23.9 Å². The van der Waals surface area contributed by atoms with E-state index in [1.165, 1.54) is 0 Å². The first-order valence-corrected chi connectivity index (χ1v) is 8.04. The van der Waals surface area contributed by atoms with Gasteiger partial charge in [-0.1, -0.05) is 13.3 Å². The summed E-state index contributed by atoms with van der Waals surface area (Å²) in [5, 5.41) is 0. The Morgan fingerprint density at radius 2 is 2.00 bits per heavy atom. The van der Waals surface area contributed by atoms with Crippen LogP contribution in [-0.2, 0) is 28.2 Å². The monoisotopic (exact) mass is 272 g/mol. The summed E-state index contributed by atoms with van der Waals surface area (Å²) in [5.41, 5.74) is 0. The van der Waals surface area contributed by atoms with E-state index in [9.17, 15) is 17.8 Å². The molecule has 0 aromatic rings. The van der Waals surface area contributed by atoms with Gasteiger partial charge in [0.05, 0.1) is 12.9 Å². The molecule has 0 rings (SSSR count). The van der Waals surface area contributed by atoms with Gasteiger partial charge in [0.2, 0.25) is 13.9 Å². The van der Waals surface area contributed by atoms with Crippen molar-refractivity contribution in [3.05, 3.63) is 0 Å². The van der Waals surface area contributed by atoms with Gasteiger partial charge in [-0.3, -0.25) is 9.36 Å². The second-order valence-electron chi connectivity index (χ2n) is 3.31. The van der Waals surface area contributed by atoms with Crippen LogP contribution in [0.25, 0.3) is 0 Å². The normalized spacial score (nSPS) is 15.7. The van der Waals surface area contributed by atoms with E-state index in [2.05, 4.69) is 4.18 Å². The highest BCUT2D eigenvalue weighted by molar-refractivity contribution is 7.86. The van der Waals surface area contributed by atoms with Crippen LogP contribution in [0.5, 0.6) is 0 Å². The number of hydrogen-bond acceptors (Lipinski definition) is 6. The predicted molar refractivity (Wildman–Crippen MR) is 60.3 cm³/mol. The summed E-state index contributed by atoms with van der Waals surface area (Å²) >= 11 is 0. The van der Waals surface area contributed by atoms with Gasteiger partial charge < -0.3 is 4.52 Å². The third-order valence-electron chi connectivity index (χ3n) is 1.60. The molecule has 0 aromatic carbocycles. The van der Waals surface area contributed by atoms with Gasteiger partial charge >= 0.3 is 0 Å². The maximum Gasteiger partial charge on any atom is 0.265 e. The zero-order valence-corrected chi connectivity index (χ0v) is 11.4. The standard InChI is InChI=1S/C8H17O6PS/c1-4-5-6-13-15(10)8(7(2)9)14-16(3,11)12/h8,15H,4-6H2,1-3H3. The number of unbranched alkanes of at least 4 members (excludes halogenated alkanes) is 1. The van der Waals surface area contributed by atoms with Gasteiger partial charge in [0.1, 0.15) is 0 Å². The fourth-order valence-corrected chi connectivity index (χ4v) is 2.99. The Hall–Kier alpha value is -0.230. The van der Waals surface area contributed by atoms with Crippen LogP contribution >= 0.6 is 8.03 Å². The van der Waals surface area contributed by atoms with Crippen LogP contribution in [0.1, 0.15) is 26.7 Å². The molecule has 16 heavy (non-hydrogen) atoms. The molecule has 0 radical (unpaired) electrons. The molecule has 0 heterocycles. The van der Waals surface area contributed by atoms with Gasteiger partial charge in [0.25, 0.3) is 10.1 Å². The molecule has 0 amide bonds. The molecule has 96 valence electrons. The SMILES string of the molecule is CCCCO[PH](=O)C(OS(C)(=O)=O)C(C)=O. The second kappa shape index (κ2) is 7.17. The average molecular weight is 272 g/mol.